The van der Waals surface area contributed by atoms with Crippen molar-refractivity contribution in [1.29, 1.82) is 0 Å². The van der Waals surface area contributed by atoms with Crippen LogP contribution in [-0.4, -0.2) is 33.9 Å². The Labute approximate surface area is 203 Å². The zero-order valence-electron chi connectivity index (χ0n) is 18.2. The molecule has 10 heteroatoms. The zero-order chi connectivity index (χ0) is 24.8. The van der Waals surface area contributed by atoms with Crippen molar-refractivity contribution >= 4 is 28.8 Å². The van der Waals surface area contributed by atoms with Gasteiger partial charge in [-0.05, 0) is 24.3 Å². The summed E-state index contributed by atoms with van der Waals surface area (Å²) in [5.74, 6) is -1.98. The summed E-state index contributed by atoms with van der Waals surface area (Å²) in [5, 5.41) is 11.1. The predicted molar refractivity (Wildman–Crippen MR) is 127 cm³/mol. The lowest BCUT2D eigenvalue weighted by atomic mass is 10.1. The molecule has 0 radical (unpaired) electrons. The van der Waals surface area contributed by atoms with Crippen LogP contribution in [0.1, 0.15) is 21.5 Å². The number of hydrogen-bond acceptors (Lipinski definition) is 6. The van der Waals surface area contributed by atoms with Gasteiger partial charge in [-0.3, -0.25) is 14.6 Å². The maximum absolute atomic E-state index is 14.0. The van der Waals surface area contributed by atoms with Crippen molar-refractivity contribution in [1.82, 2.24) is 5.32 Å². The van der Waals surface area contributed by atoms with Crippen LogP contribution < -0.4 is 14.8 Å². The Hall–Kier alpha value is -3.92. The van der Waals surface area contributed by atoms with Crippen molar-refractivity contribution in [2.24, 2.45) is 4.99 Å². The van der Waals surface area contributed by atoms with E-state index in [1.54, 1.807) is 36.4 Å². The van der Waals surface area contributed by atoms with Gasteiger partial charge >= 0.3 is 5.97 Å². The second-order valence-electron chi connectivity index (χ2n) is 7.50. The van der Waals surface area contributed by atoms with E-state index < -0.39 is 28.8 Å². The number of carbonyl (C=O) groups excluding carboxylic acids is 1. The maximum atomic E-state index is 14.0. The SMILES string of the molecule is O=C(NC1=NCC(C(=O)O)S1)c1cc(OCc2ccccc2F)cc(OCc2ccccc2F)c1. The fourth-order valence-corrected chi connectivity index (χ4v) is 3.98. The summed E-state index contributed by atoms with van der Waals surface area (Å²) in [6.07, 6.45) is 0. The quantitative estimate of drug-likeness (QED) is 0.478. The maximum Gasteiger partial charge on any atom is 0.319 e. The molecule has 1 heterocycles. The number of halogens is 2. The largest absolute Gasteiger partial charge is 0.489 e. The molecule has 0 saturated carbocycles. The Bertz CT molecular complexity index is 1220. The van der Waals surface area contributed by atoms with Crippen LogP contribution in [0.5, 0.6) is 11.5 Å². The lowest BCUT2D eigenvalue weighted by Gasteiger charge is -2.13. The van der Waals surface area contributed by atoms with E-state index in [1.165, 1.54) is 30.3 Å². The Balaban J connectivity index is 1.53. The minimum atomic E-state index is -1.02. The van der Waals surface area contributed by atoms with Gasteiger partial charge < -0.3 is 19.9 Å². The summed E-state index contributed by atoms with van der Waals surface area (Å²) in [4.78, 5) is 28.0. The van der Waals surface area contributed by atoms with E-state index in [0.29, 0.717) is 11.1 Å². The molecule has 35 heavy (non-hydrogen) atoms. The van der Waals surface area contributed by atoms with E-state index >= 15 is 0 Å². The molecular weight excluding hydrogens is 478 g/mol. The third-order valence-corrected chi connectivity index (χ3v) is 6.09. The summed E-state index contributed by atoms with van der Waals surface area (Å²) in [6, 6.07) is 16.7. The van der Waals surface area contributed by atoms with Gasteiger partial charge in [-0.15, -0.1) is 0 Å². The van der Waals surface area contributed by atoms with Gasteiger partial charge in [0.05, 0.1) is 6.54 Å². The van der Waals surface area contributed by atoms with Crippen LogP contribution in [-0.2, 0) is 18.0 Å². The van der Waals surface area contributed by atoms with Crippen LogP contribution in [0.25, 0.3) is 0 Å². The number of thioether (sulfide) groups is 1. The first-order valence-electron chi connectivity index (χ1n) is 10.5. The van der Waals surface area contributed by atoms with Gasteiger partial charge in [0.15, 0.2) is 5.17 Å². The minimum Gasteiger partial charge on any atom is -0.489 e. The number of nitrogens with one attached hydrogen (secondary N) is 1. The van der Waals surface area contributed by atoms with Gasteiger partial charge in [0.25, 0.3) is 5.91 Å². The molecule has 0 fully saturated rings. The highest BCUT2D eigenvalue weighted by molar-refractivity contribution is 8.15. The van der Waals surface area contributed by atoms with Crippen LogP contribution in [0.2, 0.25) is 0 Å². The molecule has 3 aromatic rings. The van der Waals surface area contributed by atoms with Crippen LogP contribution >= 0.6 is 11.8 Å². The minimum absolute atomic E-state index is 0.0540. The van der Waals surface area contributed by atoms with Crippen molar-refractivity contribution in [3.63, 3.8) is 0 Å². The summed E-state index contributed by atoms with van der Waals surface area (Å²) in [7, 11) is 0. The highest BCUT2D eigenvalue weighted by atomic mass is 32.2. The third kappa shape index (κ3) is 6.36. The first-order chi connectivity index (χ1) is 16.9. The molecule has 3 aromatic carbocycles. The Morgan fingerprint density at radius 2 is 1.49 bits per heavy atom. The number of ether oxygens (including phenoxy) is 2. The van der Waals surface area contributed by atoms with E-state index in [2.05, 4.69) is 10.3 Å². The average Bonchev–Trinajstić information content (AvgIpc) is 3.32. The molecule has 2 N–H and O–H groups in total. The molecule has 7 nitrogen and oxygen atoms in total. The van der Waals surface area contributed by atoms with E-state index in [4.69, 9.17) is 14.6 Å². The molecule has 180 valence electrons. The Morgan fingerprint density at radius 3 is 1.97 bits per heavy atom. The predicted octanol–water partition coefficient (Wildman–Crippen LogP) is 4.41. The van der Waals surface area contributed by atoms with Crippen LogP contribution in [0.3, 0.4) is 0 Å². The summed E-state index contributed by atoms with van der Waals surface area (Å²) in [5.41, 5.74) is 0.793. The van der Waals surface area contributed by atoms with Crippen LogP contribution in [0.15, 0.2) is 71.7 Å². The molecular formula is C25H20F2N2O5S. The molecule has 0 aromatic heterocycles. The topological polar surface area (TPSA) is 97.2 Å². The molecule has 1 amide bonds. The van der Waals surface area contributed by atoms with Gasteiger partial charge in [0.1, 0.15) is 41.6 Å². The standard InChI is InChI=1S/C25H20F2N2O5S/c26-20-7-3-1-5-15(20)13-33-18-9-17(23(30)29-25-28-12-22(35-25)24(31)32)10-19(11-18)34-14-16-6-2-4-8-21(16)27/h1-11,22H,12-14H2,(H,31,32)(H,28,29,30). The summed E-state index contributed by atoms with van der Waals surface area (Å²) < 4.78 is 39.4. The highest BCUT2D eigenvalue weighted by Gasteiger charge is 2.27. The van der Waals surface area contributed by atoms with Crippen LogP contribution in [0, 0.1) is 11.6 Å². The second-order valence-corrected chi connectivity index (χ2v) is 8.69. The van der Waals surface area contributed by atoms with E-state index in [-0.39, 0.29) is 42.0 Å². The summed E-state index contributed by atoms with van der Waals surface area (Å²) in [6.45, 7) is -0.126. The number of benzene rings is 3. The number of carboxylic acid groups (broad SMARTS) is 1. The van der Waals surface area contributed by atoms with E-state index in [1.807, 2.05) is 0 Å². The van der Waals surface area contributed by atoms with Gasteiger partial charge in [0.2, 0.25) is 0 Å². The Morgan fingerprint density at radius 1 is 0.943 bits per heavy atom. The number of hydrogen-bond donors (Lipinski definition) is 2. The summed E-state index contributed by atoms with van der Waals surface area (Å²) >= 11 is 0.941. The van der Waals surface area contributed by atoms with Crippen molar-refractivity contribution in [2.45, 2.75) is 18.5 Å². The number of amides is 1. The van der Waals surface area contributed by atoms with Crippen molar-refractivity contribution in [2.75, 3.05) is 6.54 Å². The number of amidine groups is 1. The molecule has 4 rings (SSSR count). The van der Waals surface area contributed by atoms with E-state index in [0.717, 1.165) is 11.8 Å². The molecule has 0 saturated heterocycles. The molecule has 0 aliphatic carbocycles. The first kappa shape index (κ1) is 24.2. The fraction of sp³-hybridized carbons (Fsp3) is 0.160. The highest BCUT2D eigenvalue weighted by Crippen LogP contribution is 2.26. The zero-order valence-corrected chi connectivity index (χ0v) is 19.1. The van der Waals surface area contributed by atoms with Gasteiger partial charge in [-0.1, -0.05) is 48.2 Å². The molecule has 0 spiro atoms. The number of carbonyl (C=O) groups is 2. The third-order valence-electron chi connectivity index (χ3n) is 5.00. The number of carboxylic acids is 1. The molecule has 1 aliphatic heterocycles. The average molecular weight is 499 g/mol. The van der Waals surface area contributed by atoms with Crippen molar-refractivity contribution in [3.8, 4) is 11.5 Å². The van der Waals surface area contributed by atoms with Gasteiger partial charge in [-0.25, -0.2) is 8.78 Å². The lowest BCUT2D eigenvalue weighted by Crippen LogP contribution is -2.28. The van der Waals surface area contributed by atoms with Crippen LogP contribution in [0.4, 0.5) is 8.78 Å². The normalized spacial score (nSPS) is 14.8. The van der Waals surface area contributed by atoms with E-state index in [9.17, 15) is 18.4 Å². The number of aliphatic imine (C=N–C) groups is 1. The molecule has 1 unspecified atom stereocenters. The van der Waals surface area contributed by atoms with Crippen molar-refractivity contribution < 1.29 is 33.0 Å². The lowest BCUT2D eigenvalue weighted by molar-refractivity contribution is -0.136. The number of rotatable bonds is 8. The first-order valence-corrected chi connectivity index (χ1v) is 11.4. The molecule has 0 bridgehead atoms. The second kappa shape index (κ2) is 11.0. The number of nitrogens with zero attached hydrogens (tertiary/aromatic N) is 1. The Kier molecular flexibility index (Phi) is 7.61. The van der Waals surface area contributed by atoms with Gasteiger partial charge in [-0.2, -0.15) is 0 Å². The van der Waals surface area contributed by atoms with Crippen molar-refractivity contribution in [3.05, 3.63) is 95.1 Å². The van der Waals surface area contributed by atoms with Gasteiger partial charge in [0, 0.05) is 22.8 Å². The number of aliphatic carboxylic acids is 1. The smallest absolute Gasteiger partial charge is 0.319 e. The fourth-order valence-electron chi connectivity index (χ4n) is 3.16. The molecule has 1 atom stereocenters. The monoisotopic (exact) mass is 498 g/mol. The molecule has 1 aliphatic rings.